The number of thiazole rings is 1. The molecule has 0 saturated heterocycles. The molecule has 2 unspecified atom stereocenters. The van der Waals surface area contributed by atoms with Gasteiger partial charge in [0.25, 0.3) is 5.70 Å². The molecule has 1 heterocycles. The minimum absolute atomic E-state index is 0.0817. The number of allylic oxidation sites excluding steroid dienone is 2. The van der Waals surface area contributed by atoms with Crippen LogP contribution in [0.5, 0.6) is 0 Å². The fraction of sp³-hybridized carbons (Fsp3) is 0.562. The number of hydrogen-bond donors (Lipinski definition) is 0. The number of aromatic nitrogens is 1. The molecule has 22 heavy (non-hydrogen) atoms. The average Bonchev–Trinajstić information content (AvgIpc) is 2.92. The highest BCUT2D eigenvalue weighted by Crippen LogP contribution is 2.32. The standard InChI is InChI=1S/C16H24N2O3S/c1-10(2)21-8-15-9-22-16(17-15)14(6)13(5)11(3)7-12(4)18(19)20/h7,9-10,13-14H,4,8H2,1-3,5-6H3/b11-7-. The van der Waals surface area contributed by atoms with Gasteiger partial charge < -0.3 is 4.74 Å². The van der Waals surface area contributed by atoms with Gasteiger partial charge in [-0.1, -0.05) is 19.4 Å². The molecule has 0 N–H and O–H groups in total. The van der Waals surface area contributed by atoms with E-state index in [-0.39, 0.29) is 23.6 Å². The van der Waals surface area contributed by atoms with Crippen LogP contribution in [0.15, 0.2) is 29.3 Å². The van der Waals surface area contributed by atoms with E-state index in [0.717, 1.165) is 16.3 Å². The Morgan fingerprint density at radius 3 is 2.68 bits per heavy atom. The van der Waals surface area contributed by atoms with E-state index >= 15 is 0 Å². The molecule has 0 radical (unpaired) electrons. The van der Waals surface area contributed by atoms with Crippen LogP contribution in [-0.4, -0.2) is 16.0 Å². The molecule has 0 bridgehead atoms. The first-order valence-electron chi connectivity index (χ1n) is 7.29. The number of nitrogens with zero attached hydrogens (tertiary/aromatic N) is 2. The van der Waals surface area contributed by atoms with Gasteiger partial charge in [-0.25, -0.2) is 4.98 Å². The van der Waals surface area contributed by atoms with Crippen LogP contribution in [-0.2, 0) is 11.3 Å². The van der Waals surface area contributed by atoms with E-state index in [0.29, 0.717) is 6.61 Å². The van der Waals surface area contributed by atoms with Crippen molar-refractivity contribution in [3.8, 4) is 0 Å². The third kappa shape index (κ3) is 5.35. The minimum atomic E-state index is -0.467. The molecule has 0 fully saturated rings. The van der Waals surface area contributed by atoms with Crippen LogP contribution in [0.4, 0.5) is 0 Å². The van der Waals surface area contributed by atoms with E-state index in [1.54, 1.807) is 11.3 Å². The summed E-state index contributed by atoms with van der Waals surface area (Å²) in [7, 11) is 0. The molecule has 0 aliphatic rings. The van der Waals surface area contributed by atoms with Crippen molar-refractivity contribution in [3.05, 3.63) is 50.1 Å². The fourth-order valence-corrected chi connectivity index (χ4v) is 2.87. The van der Waals surface area contributed by atoms with Gasteiger partial charge in [-0.15, -0.1) is 11.3 Å². The summed E-state index contributed by atoms with van der Waals surface area (Å²) in [4.78, 5) is 14.8. The number of hydrogen-bond acceptors (Lipinski definition) is 5. The topological polar surface area (TPSA) is 65.3 Å². The third-order valence-corrected chi connectivity index (χ3v) is 4.72. The second-order valence-electron chi connectivity index (χ2n) is 5.75. The summed E-state index contributed by atoms with van der Waals surface area (Å²) < 4.78 is 5.55. The maximum Gasteiger partial charge on any atom is 0.262 e. The lowest BCUT2D eigenvalue weighted by molar-refractivity contribution is -0.418. The molecule has 0 aliphatic carbocycles. The maximum absolute atomic E-state index is 10.7. The van der Waals surface area contributed by atoms with Crippen molar-refractivity contribution in [3.63, 3.8) is 0 Å². The zero-order valence-electron chi connectivity index (χ0n) is 13.8. The van der Waals surface area contributed by atoms with Crippen molar-refractivity contribution in [2.75, 3.05) is 0 Å². The Balaban J connectivity index is 2.76. The Hall–Kier alpha value is -1.53. The monoisotopic (exact) mass is 324 g/mol. The molecule has 0 aromatic carbocycles. The molecule has 1 rings (SSSR count). The third-order valence-electron chi connectivity index (χ3n) is 3.62. The van der Waals surface area contributed by atoms with Crippen LogP contribution in [0, 0.1) is 16.0 Å². The van der Waals surface area contributed by atoms with Crippen molar-refractivity contribution in [2.24, 2.45) is 5.92 Å². The van der Waals surface area contributed by atoms with Crippen LogP contribution in [0.3, 0.4) is 0 Å². The summed E-state index contributed by atoms with van der Waals surface area (Å²) in [5, 5.41) is 13.7. The van der Waals surface area contributed by atoms with Gasteiger partial charge in [0.1, 0.15) is 0 Å². The van der Waals surface area contributed by atoms with E-state index in [9.17, 15) is 10.1 Å². The highest BCUT2D eigenvalue weighted by Gasteiger charge is 2.20. The molecule has 122 valence electrons. The van der Waals surface area contributed by atoms with Crippen molar-refractivity contribution in [1.82, 2.24) is 4.98 Å². The van der Waals surface area contributed by atoms with Gasteiger partial charge in [0.05, 0.1) is 28.3 Å². The molecule has 1 aromatic rings. The lowest BCUT2D eigenvalue weighted by atomic mass is 9.89. The van der Waals surface area contributed by atoms with Gasteiger partial charge in [-0.05, 0) is 33.3 Å². The van der Waals surface area contributed by atoms with E-state index < -0.39 is 4.92 Å². The molecule has 0 saturated carbocycles. The second kappa shape index (κ2) is 8.19. The van der Waals surface area contributed by atoms with Crippen LogP contribution in [0.25, 0.3) is 0 Å². The van der Waals surface area contributed by atoms with Gasteiger partial charge in [0.15, 0.2) is 0 Å². The van der Waals surface area contributed by atoms with E-state index in [1.165, 1.54) is 6.08 Å². The van der Waals surface area contributed by atoms with E-state index in [2.05, 4.69) is 25.4 Å². The molecule has 6 heteroatoms. The molecule has 2 atom stereocenters. The molecular formula is C16H24N2O3S. The second-order valence-corrected chi connectivity index (χ2v) is 6.64. The summed E-state index contributed by atoms with van der Waals surface area (Å²) >= 11 is 1.61. The van der Waals surface area contributed by atoms with Crippen molar-refractivity contribution in [2.45, 2.75) is 53.2 Å². The minimum Gasteiger partial charge on any atom is -0.372 e. The fourth-order valence-electron chi connectivity index (χ4n) is 1.91. The Morgan fingerprint density at radius 1 is 1.50 bits per heavy atom. The summed E-state index contributed by atoms with van der Waals surface area (Å²) in [5.74, 6) is 0.343. The Kier molecular flexibility index (Phi) is 6.90. The number of ether oxygens (including phenoxy) is 1. The van der Waals surface area contributed by atoms with Gasteiger partial charge >= 0.3 is 0 Å². The van der Waals surface area contributed by atoms with Crippen LogP contribution < -0.4 is 0 Å². The van der Waals surface area contributed by atoms with Gasteiger partial charge in [-0.3, -0.25) is 10.1 Å². The lowest BCUT2D eigenvalue weighted by Gasteiger charge is -2.18. The van der Waals surface area contributed by atoms with Gasteiger partial charge in [0.2, 0.25) is 0 Å². The quantitative estimate of drug-likeness (QED) is 0.400. The first kappa shape index (κ1) is 18.5. The predicted molar refractivity (Wildman–Crippen MR) is 89.5 cm³/mol. The van der Waals surface area contributed by atoms with E-state index in [4.69, 9.17) is 4.74 Å². The van der Waals surface area contributed by atoms with Crippen molar-refractivity contribution < 1.29 is 9.66 Å². The number of nitro groups is 1. The highest BCUT2D eigenvalue weighted by atomic mass is 32.1. The zero-order chi connectivity index (χ0) is 16.9. The highest BCUT2D eigenvalue weighted by molar-refractivity contribution is 7.09. The Labute approximate surface area is 135 Å². The normalized spacial score (nSPS) is 14.9. The Morgan fingerprint density at radius 2 is 2.14 bits per heavy atom. The SMILES string of the molecule is C=C(/C=C(/C)C(C)C(C)c1nc(COC(C)C)cs1)[N+](=O)[O-]. The van der Waals surface area contributed by atoms with Crippen molar-refractivity contribution >= 4 is 11.3 Å². The molecule has 5 nitrogen and oxygen atoms in total. The summed E-state index contributed by atoms with van der Waals surface area (Å²) in [6, 6.07) is 0. The summed E-state index contributed by atoms with van der Waals surface area (Å²) in [6.45, 7) is 14.0. The lowest BCUT2D eigenvalue weighted by Crippen LogP contribution is -2.09. The Bertz CT molecular complexity index is 563. The zero-order valence-corrected chi connectivity index (χ0v) is 14.6. The number of rotatable bonds is 8. The first-order chi connectivity index (χ1) is 10.2. The predicted octanol–water partition coefficient (Wildman–Crippen LogP) is 4.54. The summed E-state index contributed by atoms with van der Waals surface area (Å²) in [5.41, 5.74) is 1.79. The maximum atomic E-state index is 10.7. The van der Waals surface area contributed by atoms with Crippen LogP contribution in [0.1, 0.15) is 51.2 Å². The van der Waals surface area contributed by atoms with Crippen LogP contribution >= 0.6 is 11.3 Å². The van der Waals surface area contributed by atoms with Crippen molar-refractivity contribution in [1.29, 1.82) is 0 Å². The largest absolute Gasteiger partial charge is 0.372 e. The average molecular weight is 324 g/mol. The molecule has 0 aliphatic heterocycles. The van der Waals surface area contributed by atoms with E-state index in [1.807, 2.05) is 26.2 Å². The molecule has 0 amide bonds. The molecule has 1 aromatic heterocycles. The summed E-state index contributed by atoms with van der Waals surface area (Å²) in [6.07, 6.45) is 1.72. The molecular weight excluding hydrogens is 300 g/mol. The van der Waals surface area contributed by atoms with Crippen LogP contribution in [0.2, 0.25) is 0 Å². The van der Waals surface area contributed by atoms with Gasteiger partial charge in [0, 0.05) is 17.4 Å². The first-order valence-corrected chi connectivity index (χ1v) is 8.17. The molecule has 0 spiro atoms. The van der Waals surface area contributed by atoms with Gasteiger partial charge in [-0.2, -0.15) is 0 Å². The smallest absolute Gasteiger partial charge is 0.262 e.